The van der Waals surface area contributed by atoms with E-state index in [1.54, 1.807) is 48.5 Å². The fourth-order valence-electron chi connectivity index (χ4n) is 4.30. The Morgan fingerprint density at radius 2 is 1.52 bits per heavy atom. The zero-order chi connectivity index (χ0) is 32.1. The monoisotopic (exact) mass is 604 g/mol. The second-order valence-electron chi connectivity index (χ2n) is 9.92. The van der Waals surface area contributed by atoms with E-state index in [0.717, 1.165) is 5.56 Å². The summed E-state index contributed by atoms with van der Waals surface area (Å²) >= 11 is 0. The van der Waals surface area contributed by atoms with E-state index >= 15 is 0 Å². The first-order valence-corrected chi connectivity index (χ1v) is 13.9. The summed E-state index contributed by atoms with van der Waals surface area (Å²) < 4.78 is 10.2. The number of carboxylic acids is 1. The second-order valence-corrected chi connectivity index (χ2v) is 9.92. The molecule has 0 aliphatic rings. The summed E-state index contributed by atoms with van der Waals surface area (Å²) in [5.74, 6) is -1.81. The number of para-hydroxylation sites is 1. The molecule has 0 fully saturated rings. The zero-order valence-electron chi connectivity index (χ0n) is 24.8. The lowest BCUT2D eigenvalue weighted by molar-refractivity contribution is -0.141. The number of carbonyl (C=O) groups is 5. The number of hydrogen-bond donors (Lipinski definition) is 5. The highest BCUT2D eigenvalue weighted by Crippen LogP contribution is 2.27. The van der Waals surface area contributed by atoms with Crippen molar-refractivity contribution in [3.63, 3.8) is 0 Å². The molecule has 3 aromatic carbocycles. The van der Waals surface area contributed by atoms with Crippen molar-refractivity contribution in [1.82, 2.24) is 5.32 Å². The molecule has 1 unspecified atom stereocenters. The maximum Gasteiger partial charge on any atom is 0.323 e. The van der Waals surface area contributed by atoms with Gasteiger partial charge in [-0.2, -0.15) is 0 Å². The van der Waals surface area contributed by atoms with E-state index in [4.69, 9.17) is 14.6 Å². The number of ether oxygens (including phenoxy) is 2. The van der Waals surface area contributed by atoms with Crippen LogP contribution in [0.25, 0.3) is 0 Å². The summed E-state index contributed by atoms with van der Waals surface area (Å²) in [6.45, 7) is 1.89. The highest BCUT2D eigenvalue weighted by Gasteiger charge is 2.19. The summed E-state index contributed by atoms with van der Waals surface area (Å²) in [4.78, 5) is 60.3. The third-order valence-corrected chi connectivity index (χ3v) is 6.60. The molecule has 12 heteroatoms. The number of esters is 1. The normalized spacial score (nSPS) is 11.1. The highest BCUT2D eigenvalue weighted by molar-refractivity contribution is 6.01. The first-order chi connectivity index (χ1) is 21.1. The van der Waals surface area contributed by atoms with E-state index in [-0.39, 0.29) is 43.9 Å². The number of aryl methyl sites for hydroxylation is 1. The van der Waals surface area contributed by atoms with Crippen molar-refractivity contribution in [2.45, 2.75) is 45.1 Å². The minimum absolute atomic E-state index is 0.000518. The number of carboxylic acid groups (broad SMARTS) is 1. The maximum absolute atomic E-state index is 12.8. The molecular formula is C32H36N4O8. The van der Waals surface area contributed by atoms with Gasteiger partial charge in [-0.25, -0.2) is 4.79 Å². The molecule has 1 atom stereocenters. The molecule has 5 N–H and O–H groups in total. The molecule has 0 heterocycles. The SMILES string of the molecule is COC(=O)CC(NC(=O)CCCC(=O)O)c1ccc(NC(=O)Cc2ccc(NC(=O)Nc3ccccc3C)c(OC)c2)cc1. The standard InChI is InChI=1S/C32H36N4O8/c1-20-7-4-5-8-24(20)35-32(42)36-25-16-11-21(17-27(25)43-2)18-29(38)33-23-14-12-22(13-15-23)26(19-31(41)44-3)34-28(37)9-6-10-30(39)40/h4-5,7-8,11-17,26H,6,9-10,18-19H2,1-3H3,(H,33,38)(H,34,37)(H,39,40)(H2,35,36,42). The molecule has 3 rings (SSSR count). The fourth-order valence-corrected chi connectivity index (χ4v) is 4.30. The van der Waals surface area contributed by atoms with Gasteiger partial charge in [0.1, 0.15) is 5.75 Å². The van der Waals surface area contributed by atoms with Crippen molar-refractivity contribution < 1.29 is 38.6 Å². The Balaban J connectivity index is 1.60. The smallest absolute Gasteiger partial charge is 0.323 e. The van der Waals surface area contributed by atoms with Gasteiger partial charge in [-0.1, -0.05) is 36.4 Å². The van der Waals surface area contributed by atoms with Crippen LogP contribution < -0.4 is 26.0 Å². The minimum atomic E-state index is -0.992. The summed E-state index contributed by atoms with van der Waals surface area (Å²) in [5.41, 5.74) is 3.81. The molecule has 3 aromatic rings. The largest absolute Gasteiger partial charge is 0.495 e. The molecule has 44 heavy (non-hydrogen) atoms. The summed E-state index contributed by atoms with van der Waals surface area (Å²) in [6, 6.07) is 18.0. The van der Waals surface area contributed by atoms with Crippen LogP contribution >= 0.6 is 0 Å². The lowest BCUT2D eigenvalue weighted by Gasteiger charge is -2.19. The van der Waals surface area contributed by atoms with Crippen LogP contribution in [0.1, 0.15) is 48.4 Å². The fraction of sp³-hybridized carbons (Fsp3) is 0.281. The molecule has 0 aliphatic carbocycles. The highest BCUT2D eigenvalue weighted by atomic mass is 16.5. The van der Waals surface area contributed by atoms with E-state index < -0.39 is 24.0 Å². The van der Waals surface area contributed by atoms with Crippen LogP contribution in [0.3, 0.4) is 0 Å². The predicted molar refractivity (Wildman–Crippen MR) is 165 cm³/mol. The van der Waals surface area contributed by atoms with Crippen molar-refractivity contribution in [2.75, 3.05) is 30.2 Å². The summed E-state index contributed by atoms with van der Waals surface area (Å²) in [5, 5.41) is 19.9. The number of hydrogen-bond acceptors (Lipinski definition) is 7. The van der Waals surface area contributed by atoms with Crippen LogP contribution in [0.4, 0.5) is 21.9 Å². The molecule has 0 saturated heterocycles. The molecule has 0 saturated carbocycles. The molecule has 0 bridgehead atoms. The number of benzene rings is 3. The zero-order valence-corrected chi connectivity index (χ0v) is 24.8. The number of amides is 4. The lowest BCUT2D eigenvalue weighted by Crippen LogP contribution is -2.30. The predicted octanol–water partition coefficient (Wildman–Crippen LogP) is 4.80. The van der Waals surface area contributed by atoms with Crippen molar-refractivity contribution >= 4 is 46.8 Å². The number of methoxy groups -OCH3 is 2. The first kappa shape index (κ1) is 33.1. The Kier molecular flexibility index (Phi) is 12.3. The number of anilines is 3. The third kappa shape index (κ3) is 10.5. The Labute approximate surface area is 255 Å². The van der Waals surface area contributed by atoms with Crippen LogP contribution in [0.5, 0.6) is 5.75 Å². The third-order valence-electron chi connectivity index (χ3n) is 6.60. The Bertz CT molecular complexity index is 1490. The van der Waals surface area contributed by atoms with Gasteiger partial charge in [0.25, 0.3) is 0 Å². The van der Waals surface area contributed by atoms with Gasteiger partial charge in [-0.15, -0.1) is 0 Å². The Morgan fingerprint density at radius 3 is 2.18 bits per heavy atom. The number of aliphatic carboxylic acids is 1. The van der Waals surface area contributed by atoms with Gasteiger partial charge in [-0.05, 0) is 60.4 Å². The quantitative estimate of drug-likeness (QED) is 0.163. The summed E-state index contributed by atoms with van der Waals surface area (Å²) in [7, 11) is 2.72. The van der Waals surface area contributed by atoms with Gasteiger partial charge in [0, 0.05) is 24.2 Å². The Hall–Kier alpha value is -5.39. The molecule has 0 aliphatic heterocycles. The first-order valence-electron chi connectivity index (χ1n) is 13.9. The van der Waals surface area contributed by atoms with E-state index in [0.29, 0.717) is 33.9 Å². The van der Waals surface area contributed by atoms with Gasteiger partial charge in [0.15, 0.2) is 0 Å². The molecular weight excluding hydrogens is 568 g/mol. The van der Waals surface area contributed by atoms with Crippen LogP contribution in [0.2, 0.25) is 0 Å². The van der Waals surface area contributed by atoms with Crippen LogP contribution in [0.15, 0.2) is 66.7 Å². The number of rotatable bonds is 14. The van der Waals surface area contributed by atoms with Crippen molar-refractivity contribution in [3.8, 4) is 5.75 Å². The van der Waals surface area contributed by atoms with Gasteiger partial charge < -0.3 is 35.8 Å². The lowest BCUT2D eigenvalue weighted by atomic mass is 10.0. The molecule has 12 nitrogen and oxygen atoms in total. The van der Waals surface area contributed by atoms with Gasteiger partial charge in [0.2, 0.25) is 11.8 Å². The Morgan fingerprint density at radius 1 is 0.818 bits per heavy atom. The van der Waals surface area contributed by atoms with Crippen LogP contribution in [-0.4, -0.2) is 49.1 Å². The average molecular weight is 605 g/mol. The van der Waals surface area contributed by atoms with Gasteiger partial charge in [-0.3, -0.25) is 19.2 Å². The van der Waals surface area contributed by atoms with Crippen molar-refractivity contribution in [3.05, 3.63) is 83.4 Å². The second kappa shape index (κ2) is 16.3. The van der Waals surface area contributed by atoms with Gasteiger partial charge in [0.05, 0.1) is 38.8 Å². The molecule has 0 radical (unpaired) electrons. The maximum atomic E-state index is 12.8. The van der Waals surface area contributed by atoms with E-state index in [9.17, 15) is 24.0 Å². The van der Waals surface area contributed by atoms with Gasteiger partial charge >= 0.3 is 18.0 Å². The minimum Gasteiger partial charge on any atom is -0.495 e. The number of carbonyl (C=O) groups excluding carboxylic acids is 4. The van der Waals surface area contributed by atoms with Crippen LogP contribution in [0, 0.1) is 6.92 Å². The summed E-state index contributed by atoms with van der Waals surface area (Å²) in [6.07, 6.45) is -0.0484. The topological polar surface area (TPSA) is 172 Å². The van der Waals surface area contributed by atoms with E-state index in [2.05, 4.69) is 21.3 Å². The van der Waals surface area contributed by atoms with Crippen molar-refractivity contribution in [1.29, 1.82) is 0 Å². The van der Waals surface area contributed by atoms with Crippen molar-refractivity contribution in [2.24, 2.45) is 0 Å². The molecule has 0 spiro atoms. The van der Waals surface area contributed by atoms with Crippen LogP contribution in [-0.2, 0) is 30.3 Å². The molecule has 232 valence electrons. The number of nitrogens with one attached hydrogen (secondary N) is 4. The van der Waals surface area contributed by atoms with E-state index in [1.807, 2.05) is 25.1 Å². The average Bonchev–Trinajstić information content (AvgIpc) is 2.98. The molecule has 4 amide bonds. The molecule has 0 aromatic heterocycles. The van der Waals surface area contributed by atoms with E-state index in [1.165, 1.54) is 14.2 Å². The number of urea groups is 1.